The predicted molar refractivity (Wildman–Crippen MR) is 76.6 cm³/mol. The number of hydrogen-bond donors (Lipinski definition) is 1. The molecule has 0 saturated heterocycles. The number of nitrogens with zero attached hydrogens (tertiary/aromatic N) is 2. The predicted octanol–water partition coefficient (Wildman–Crippen LogP) is 3.26. The van der Waals surface area contributed by atoms with Gasteiger partial charge in [-0.3, -0.25) is 4.98 Å². The maximum absolute atomic E-state index is 4.62. The Bertz CT molecular complexity index is 491. The van der Waals surface area contributed by atoms with Crippen LogP contribution < -0.4 is 5.32 Å². The van der Waals surface area contributed by atoms with Crippen LogP contribution in [-0.2, 0) is 6.54 Å². The Hall–Kier alpha value is -1.26. The highest BCUT2D eigenvalue weighted by Gasteiger charge is 2.09. The first-order chi connectivity index (χ1) is 8.66. The van der Waals surface area contributed by atoms with Gasteiger partial charge in [0, 0.05) is 29.4 Å². The SMILES string of the molecule is Cc1nc(-c2cccnc2)sc1CNCC(C)C. The Morgan fingerprint density at radius 3 is 2.89 bits per heavy atom. The van der Waals surface area contributed by atoms with Crippen LogP contribution in [0.25, 0.3) is 10.6 Å². The van der Waals surface area contributed by atoms with E-state index in [0.29, 0.717) is 5.92 Å². The van der Waals surface area contributed by atoms with Crippen LogP contribution in [0.3, 0.4) is 0 Å². The minimum atomic E-state index is 0.677. The van der Waals surface area contributed by atoms with Crippen LogP contribution in [0, 0.1) is 12.8 Å². The van der Waals surface area contributed by atoms with Crippen molar-refractivity contribution in [3.63, 3.8) is 0 Å². The lowest BCUT2D eigenvalue weighted by Crippen LogP contribution is -2.18. The van der Waals surface area contributed by atoms with Crippen LogP contribution in [0.2, 0.25) is 0 Å². The lowest BCUT2D eigenvalue weighted by molar-refractivity contribution is 0.554. The van der Waals surface area contributed by atoms with Gasteiger partial charge in [0.05, 0.1) is 5.69 Å². The number of pyridine rings is 1. The third kappa shape index (κ3) is 3.37. The molecule has 1 N–H and O–H groups in total. The summed E-state index contributed by atoms with van der Waals surface area (Å²) < 4.78 is 0. The van der Waals surface area contributed by atoms with Crippen LogP contribution in [0.1, 0.15) is 24.4 Å². The molecule has 2 rings (SSSR count). The Morgan fingerprint density at radius 1 is 1.39 bits per heavy atom. The summed E-state index contributed by atoms with van der Waals surface area (Å²) in [6.07, 6.45) is 3.65. The highest BCUT2D eigenvalue weighted by atomic mass is 32.1. The van der Waals surface area contributed by atoms with Crippen molar-refractivity contribution in [1.29, 1.82) is 0 Å². The van der Waals surface area contributed by atoms with Crippen LogP contribution >= 0.6 is 11.3 Å². The summed E-state index contributed by atoms with van der Waals surface area (Å²) >= 11 is 1.75. The van der Waals surface area contributed by atoms with Gasteiger partial charge < -0.3 is 5.32 Å². The summed E-state index contributed by atoms with van der Waals surface area (Å²) in [5.41, 5.74) is 2.22. The van der Waals surface area contributed by atoms with E-state index in [1.165, 1.54) is 4.88 Å². The monoisotopic (exact) mass is 261 g/mol. The summed E-state index contributed by atoms with van der Waals surface area (Å²) in [5, 5.41) is 4.52. The molecular weight excluding hydrogens is 242 g/mol. The van der Waals surface area contributed by atoms with Gasteiger partial charge in [0.1, 0.15) is 5.01 Å². The summed E-state index contributed by atoms with van der Waals surface area (Å²) in [5.74, 6) is 0.677. The summed E-state index contributed by atoms with van der Waals surface area (Å²) in [4.78, 5) is 10.1. The lowest BCUT2D eigenvalue weighted by Gasteiger charge is -2.05. The molecule has 0 unspecified atom stereocenters. The average Bonchev–Trinajstić information content (AvgIpc) is 2.72. The standard InChI is InChI=1S/C14H19N3S/c1-10(2)7-16-9-13-11(3)17-14(18-13)12-5-4-6-15-8-12/h4-6,8,10,16H,7,9H2,1-3H3. The first kappa shape index (κ1) is 13.2. The van der Waals surface area contributed by atoms with Gasteiger partial charge in [-0.25, -0.2) is 4.98 Å². The summed E-state index contributed by atoms with van der Waals surface area (Å²) in [6, 6.07) is 4.00. The van der Waals surface area contributed by atoms with Crippen LogP contribution in [-0.4, -0.2) is 16.5 Å². The van der Waals surface area contributed by atoms with Gasteiger partial charge in [-0.15, -0.1) is 11.3 Å². The molecule has 0 fully saturated rings. The molecule has 0 atom stereocenters. The molecule has 0 aliphatic carbocycles. The Kier molecular flexibility index (Phi) is 4.44. The van der Waals surface area contributed by atoms with Crippen LogP contribution in [0.4, 0.5) is 0 Å². The summed E-state index contributed by atoms with van der Waals surface area (Å²) in [6.45, 7) is 8.45. The van der Waals surface area contributed by atoms with Gasteiger partial charge in [0.15, 0.2) is 0 Å². The average molecular weight is 261 g/mol. The van der Waals surface area contributed by atoms with Crippen LogP contribution in [0.5, 0.6) is 0 Å². The number of hydrogen-bond acceptors (Lipinski definition) is 4. The van der Waals surface area contributed by atoms with E-state index in [-0.39, 0.29) is 0 Å². The molecule has 4 heteroatoms. The normalized spacial score (nSPS) is 11.1. The van der Waals surface area contributed by atoms with E-state index in [1.54, 1.807) is 17.5 Å². The third-order valence-corrected chi connectivity index (χ3v) is 3.85. The molecule has 96 valence electrons. The molecule has 0 aliphatic heterocycles. The molecule has 3 nitrogen and oxygen atoms in total. The van der Waals surface area contributed by atoms with E-state index in [9.17, 15) is 0 Å². The molecule has 0 aromatic carbocycles. The van der Waals surface area contributed by atoms with Crippen molar-refractivity contribution >= 4 is 11.3 Å². The van der Waals surface area contributed by atoms with Gasteiger partial charge in [0.25, 0.3) is 0 Å². The number of rotatable bonds is 5. The van der Waals surface area contributed by atoms with Gasteiger partial charge in [-0.05, 0) is 31.5 Å². The summed E-state index contributed by atoms with van der Waals surface area (Å²) in [7, 11) is 0. The topological polar surface area (TPSA) is 37.8 Å². The molecule has 0 bridgehead atoms. The second kappa shape index (κ2) is 6.07. The second-order valence-corrected chi connectivity index (χ2v) is 5.88. The van der Waals surface area contributed by atoms with Crippen molar-refractivity contribution < 1.29 is 0 Å². The lowest BCUT2D eigenvalue weighted by atomic mass is 10.2. The third-order valence-electron chi connectivity index (χ3n) is 2.64. The molecule has 0 aliphatic rings. The molecule has 0 radical (unpaired) electrons. The molecule has 2 aromatic heterocycles. The fraction of sp³-hybridized carbons (Fsp3) is 0.429. The van der Waals surface area contributed by atoms with Crippen molar-refractivity contribution in [3.05, 3.63) is 35.1 Å². The van der Waals surface area contributed by atoms with E-state index in [0.717, 1.165) is 29.4 Å². The number of aryl methyl sites for hydroxylation is 1. The first-order valence-corrected chi connectivity index (χ1v) is 7.06. The van der Waals surface area contributed by atoms with Gasteiger partial charge in [-0.1, -0.05) is 13.8 Å². The fourth-order valence-electron chi connectivity index (χ4n) is 1.68. The smallest absolute Gasteiger partial charge is 0.125 e. The van der Waals surface area contributed by atoms with Crippen molar-refractivity contribution in [2.45, 2.75) is 27.3 Å². The first-order valence-electron chi connectivity index (χ1n) is 6.24. The van der Waals surface area contributed by atoms with Crippen molar-refractivity contribution in [1.82, 2.24) is 15.3 Å². The zero-order valence-corrected chi connectivity index (χ0v) is 11.9. The molecule has 0 saturated carbocycles. The largest absolute Gasteiger partial charge is 0.312 e. The molecular formula is C14H19N3S. The van der Waals surface area contributed by atoms with E-state index < -0.39 is 0 Å². The van der Waals surface area contributed by atoms with E-state index in [1.807, 2.05) is 12.3 Å². The van der Waals surface area contributed by atoms with Crippen molar-refractivity contribution in [2.24, 2.45) is 5.92 Å². The zero-order chi connectivity index (χ0) is 13.0. The van der Waals surface area contributed by atoms with Gasteiger partial charge >= 0.3 is 0 Å². The van der Waals surface area contributed by atoms with E-state index in [2.05, 4.69) is 42.1 Å². The minimum absolute atomic E-state index is 0.677. The van der Waals surface area contributed by atoms with Crippen LogP contribution in [0.15, 0.2) is 24.5 Å². The quantitative estimate of drug-likeness (QED) is 0.897. The molecule has 2 heterocycles. The van der Waals surface area contributed by atoms with Gasteiger partial charge in [-0.2, -0.15) is 0 Å². The van der Waals surface area contributed by atoms with E-state index in [4.69, 9.17) is 0 Å². The molecule has 18 heavy (non-hydrogen) atoms. The zero-order valence-electron chi connectivity index (χ0n) is 11.1. The Morgan fingerprint density at radius 2 is 2.22 bits per heavy atom. The Labute approximate surface area is 112 Å². The molecule has 0 spiro atoms. The molecule has 0 amide bonds. The maximum Gasteiger partial charge on any atom is 0.125 e. The van der Waals surface area contributed by atoms with Gasteiger partial charge in [0.2, 0.25) is 0 Å². The molecule has 2 aromatic rings. The van der Waals surface area contributed by atoms with Crippen molar-refractivity contribution in [2.75, 3.05) is 6.54 Å². The highest BCUT2D eigenvalue weighted by molar-refractivity contribution is 7.15. The maximum atomic E-state index is 4.62. The minimum Gasteiger partial charge on any atom is -0.312 e. The fourth-order valence-corrected chi connectivity index (χ4v) is 2.70. The van der Waals surface area contributed by atoms with E-state index >= 15 is 0 Å². The Balaban J connectivity index is 2.08. The highest BCUT2D eigenvalue weighted by Crippen LogP contribution is 2.27. The second-order valence-electron chi connectivity index (χ2n) is 4.79. The van der Waals surface area contributed by atoms with Crippen molar-refractivity contribution in [3.8, 4) is 10.6 Å². The number of nitrogens with one attached hydrogen (secondary N) is 1. The number of thiazole rings is 1. The number of aromatic nitrogens is 2.